The van der Waals surface area contributed by atoms with Crippen molar-refractivity contribution in [1.29, 1.82) is 0 Å². The van der Waals surface area contributed by atoms with Crippen LogP contribution in [0.2, 0.25) is 0 Å². The van der Waals surface area contributed by atoms with E-state index in [4.69, 9.17) is 10.5 Å². The highest BCUT2D eigenvalue weighted by Crippen LogP contribution is 2.21. The number of ether oxygens (including phenoxy) is 1. The summed E-state index contributed by atoms with van der Waals surface area (Å²) in [6, 6.07) is 3.86. The van der Waals surface area contributed by atoms with Gasteiger partial charge in [-0.2, -0.15) is 0 Å². The summed E-state index contributed by atoms with van der Waals surface area (Å²) in [5, 5.41) is 0. The fraction of sp³-hybridized carbons (Fsp3) is 0.643. The van der Waals surface area contributed by atoms with Gasteiger partial charge >= 0.3 is 0 Å². The van der Waals surface area contributed by atoms with Crippen LogP contribution in [0.3, 0.4) is 0 Å². The van der Waals surface area contributed by atoms with Gasteiger partial charge in [-0.05, 0) is 18.1 Å². The third-order valence-corrected chi connectivity index (χ3v) is 4.15. The number of nitrogen functional groups attached to an aromatic ring is 1. The van der Waals surface area contributed by atoms with Crippen LogP contribution >= 0.6 is 11.8 Å². The Morgan fingerprint density at radius 3 is 3.05 bits per heavy atom. The SMILES string of the molecule is CC(C)CN1CCOC(CSc2ccc(N)nc2)C1. The molecule has 0 aliphatic carbocycles. The Hall–Kier alpha value is -0.780. The van der Waals surface area contributed by atoms with E-state index in [0.29, 0.717) is 17.8 Å². The molecule has 2 N–H and O–H groups in total. The van der Waals surface area contributed by atoms with Crippen molar-refractivity contribution in [2.24, 2.45) is 5.92 Å². The monoisotopic (exact) mass is 281 g/mol. The van der Waals surface area contributed by atoms with Gasteiger partial charge in [-0.25, -0.2) is 4.98 Å². The molecule has 0 amide bonds. The molecule has 0 saturated carbocycles. The molecule has 1 atom stereocenters. The average Bonchev–Trinajstić information content (AvgIpc) is 2.38. The van der Waals surface area contributed by atoms with E-state index in [9.17, 15) is 0 Å². The molecule has 1 aliphatic rings. The maximum atomic E-state index is 5.83. The van der Waals surface area contributed by atoms with Gasteiger partial charge in [0.05, 0.1) is 12.7 Å². The number of nitrogens with two attached hydrogens (primary N) is 1. The first kappa shape index (κ1) is 14.6. The van der Waals surface area contributed by atoms with E-state index in [1.165, 1.54) is 0 Å². The molecule has 0 aromatic carbocycles. The van der Waals surface area contributed by atoms with E-state index in [-0.39, 0.29) is 0 Å². The zero-order valence-corrected chi connectivity index (χ0v) is 12.5. The molecule has 2 heterocycles. The van der Waals surface area contributed by atoms with Crippen molar-refractivity contribution in [2.45, 2.75) is 24.8 Å². The van der Waals surface area contributed by atoms with Gasteiger partial charge in [0.15, 0.2) is 0 Å². The van der Waals surface area contributed by atoms with E-state index in [2.05, 4.69) is 23.7 Å². The Labute approximate surface area is 119 Å². The van der Waals surface area contributed by atoms with Crippen LogP contribution in [0.5, 0.6) is 0 Å². The predicted molar refractivity (Wildman–Crippen MR) is 80.4 cm³/mol. The molecule has 1 unspecified atom stereocenters. The van der Waals surface area contributed by atoms with Crippen LogP contribution in [-0.4, -0.2) is 48.0 Å². The van der Waals surface area contributed by atoms with Gasteiger partial charge in [0, 0.05) is 36.5 Å². The fourth-order valence-corrected chi connectivity index (χ4v) is 3.10. The largest absolute Gasteiger partial charge is 0.384 e. The highest BCUT2D eigenvalue weighted by Gasteiger charge is 2.20. The lowest BCUT2D eigenvalue weighted by Crippen LogP contribution is -2.44. The first-order valence-corrected chi connectivity index (χ1v) is 7.80. The van der Waals surface area contributed by atoms with E-state index >= 15 is 0 Å². The van der Waals surface area contributed by atoms with Crippen molar-refractivity contribution in [3.05, 3.63) is 18.3 Å². The van der Waals surface area contributed by atoms with Gasteiger partial charge in [0.1, 0.15) is 5.82 Å². The van der Waals surface area contributed by atoms with Crippen molar-refractivity contribution in [3.63, 3.8) is 0 Å². The van der Waals surface area contributed by atoms with Crippen molar-refractivity contribution in [1.82, 2.24) is 9.88 Å². The molecule has 1 aromatic heterocycles. The molecule has 4 nitrogen and oxygen atoms in total. The van der Waals surface area contributed by atoms with Crippen LogP contribution < -0.4 is 5.73 Å². The second-order valence-electron chi connectivity index (χ2n) is 5.38. The highest BCUT2D eigenvalue weighted by atomic mass is 32.2. The van der Waals surface area contributed by atoms with Crippen LogP contribution in [0.1, 0.15) is 13.8 Å². The number of thioether (sulfide) groups is 1. The lowest BCUT2D eigenvalue weighted by Gasteiger charge is -2.33. The maximum Gasteiger partial charge on any atom is 0.123 e. The number of nitrogens with zero attached hydrogens (tertiary/aromatic N) is 2. The van der Waals surface area contributed by atoms with Gasteiger partial charge in [-0.15, -0.1) is 11.8 Å². The molecular formula is C14H23N3OS. The zero-order valence-electron chi connectivity index (χ0n) is 11.7. The molecule has 106 valence electrons. The van der Waals surface area contributed by atoms with Gasteiger partial charge in [0.25, 0.3) is 0 Å². The zero-order chi connectivity index (χ0) is 13.7. The van der Waals surface area contributed by atoms with Gasteiger partial charge in [0.2, 0.25) is 0 Å². The number of hydrogen-bond donors (Lipinski definition) is 1. The summed E-state index contributed by atoms with van der Waals surface area (Å²) in [6.45, 7) is 8.63. The maximum absolute atomic E-state index is 5.83. The van der Waals surface area contributed by atoms with Gasteiger partial charge in [-0.1, -0.05) is 13.8 Å². The molecule has 0 radical (unpaired) electrons. The minimum atomic E-state index is 0.315. The van der Waals surface area contributed by atoms with Crippen LogP contribution in [-0.2, 0) is 4.74 Å². The molecule has 1 aliphatic heterocycles. The second-order valence-corrected chi connectivity index (χ2v) is 6.47. The van der Waals surface area contributed by atoms with Crippen molar-refractivity contribution in [3.8, 4) is 0 Å². The van der Waals surface area contributed by atoms with Gasteiger partial charge in [-0.3, -0.25) is 4.90 Å². The lowest BCUT2D eigenvalue weighted by atomic mass is 10.2. The second kappa shape index (κ2) is 7.12. The molecule has 2 rings (SSSR count). The lowest BCUT2D eigenvalue weighted by molar-refractivity contribution is -0.0191. The quantitative estimate of drug-likeness (QED) is 0.838. The Morgan fingerprint density at radius 1 is 1.53 bits per heavy atom. The molecule has 1 aromatic rings. The molecule has 1 saturated heterocycles. The predicted octanol–water partition coefficient (Wildman–Crippen LogP) is 2.11. The summed E-state index contributed by atoms with van der Waals surface area (Å²) in [4.78, 5) is 7.76. The molecule has 19 heavy (non-hydrogen) atoms. The van der Waals surface area contributed by atoms with E-state index in [0.717, 1.165) is 36.9 Å². The van der Waals surface area contributed by atoms with Crippen molar-refractivity contribution >= 4 is 17.6 Å². The van der Waals surface area contributed by atoms with Crippen LogP contribution in [0.4, 0.5) is 5.82 Å². The molecule has 5 heteroatoms. The van der Waals surface area contributed by atoms with E-state index in [1.807, 2.05) is 18.3 Å². The fourth-order valence-electron chi connectivity index (χ4n) is 2.23. The normalized spacial score (nSPS) is 20.9. The summed E-state index contributed by atoms with van der Waals surface area (Å²) in [6.07, 6.45) is 2.14. The van der Waals surface area contributed by atoms with E-state index in [1.54, 1.807) is 11.8 Å². The van der Waals surface area contributed by atoms with Crippen molar-refractivity contribution < 1.29 is 4.74 Å². The number of hydrogen-bond acceptors (Lipinski definition) is 5. The Kier molecular flexibility index (Phi) is 5.48. The van der Waals surface area contributed by atoms with Crippen LogP contribution in [0, 0.1) is 5.92 Å². The minimum absolute atomic E-state index is 0.315. The summed E-state index contributed by atoms with van der Waals surface area (Å²) in [7, 11) is 0. The minimum Gasteiger partial charge on any atom is -0.384 e. The third-order valence-electron chi connectivity index (χ3n) is 3.04. The van der Waals surface area contributed by atoms with Crippen molar-refractivity contribution in [2.75, 3.05) is 37.7 Å². The summed E-state index contributed by atoms with van der Waals surface area (Å²) < 4.78 is 5.83. The number of anilines is 1. The average molecular weight is 281 g/mol. The summed E-state index contributed by atoms with van der Waals surface area (Å²) in [5.74, 6) is 2.26. The summed E-state index contributed by atoms with van der Waals surface area (Å²) >= 11 is 1.79. The molecule has 0 spiro atoms. The number of rotatable bonds is 5. The topological polar surface area (TPSA) is 51.4 Å². The smallest absolute Gasteiger partial charge is 0.123 e. The first-order chi connectivity index (χ1) is 9.13. The third kappa shape index (κ3) is 5.01. The molecule has 0 bridgehead atoms. The van der Waals surface area contributed by atoms with E-state index < -0.39 is 0 Å². The van der Waals surface area contributed by atoms with Crippen LogP contribution in [0.25, 0.3) is 0 Å². The standard InChI is InChI=1S/C14H23N3OS/c1-11(2)8-17-5-6-18-12(9-17)10-19-13-3-4-14(15)16-7-13/h3-4,7,11-12H,5-6,8-10H2,1-2H3,(H2,15,16). The molecular weight excluding hydrogens is 258 g/mol. The summed E-state index contributed by atoms with van der Waals surface area (Å²) in [5.41, 5.74) is 5.58. The Morgan fingerprint density at radius 2 is 2.37 bits per heavy atom. The highest BCUT2D eigenvalue weighted by molar-refractivity contribution is 7.99. The van der Waals surface area contributed by atoms with Crippen LogP contribution in [0.15, 0.2) is 23.2 Å². The number of aromatic nitrogens is 1. The Balaban J connectivity index is 1.77. The first-order valence-electron chi connectivity index (χ1n) is 6.82. The number of morpholine rings is 1. The molecule has 1 fully saturated rings. The van der Waals surface area contributed by atoms with Gasteiger partial charge < -0.3 is 10.5 Å². The Bertz CT molecular complexity index is 383. The number of pyridine rings is 1.